The molecular formula is C20H41N. The molecule has 0 radical (unpaired) electrons. The molecule has 0 N–H and O–H groups in total. The van der Waals surface area contributed by atoms with Gasteiger partial charge in [0.2, 0.25) is 0 Å². The van der Waals surface area contributed by atoms with Crippen molar-refractivity contribution in [1.29, 1.82) is 0 Å². The van der Waals surface area contributed by atoms with Gasteiger partial charge in [-0.15, -0.1) is 0 Å². The van der Waals surface area contributed by atoms with Crippen molar-refractivity contribution in [3.63, 3.8) is 0 Å². The number of nitrogens with zero attached hydrogens (tertiary/aromatic N) is 1. The summed E-state index contributed by atoms with van der Waals surface area (Å²) in [4.78, 5) is 2.54. The third kappa shape index (κ3) is 15.9. The molecule has 0 atom stereocenters. The van der Waals surface area contributed by atoms with Crippen LogP contribution in [0, 0.1) is 0 Å². The molecule has 0 heterocycles. The summed E-state index contributed by atoms with van der Waals surface area (Å²) in [5.41, 5.74) is 0. The fourth-order valence-corrected chi connectivity index (χ4v) is 2.78. The van der Waals surface area contributed by atoms with Crippen LogP contribution in [0.1, 0.15) is 97.8 Å². The molecule has 0 bridgehead atoms. The lowest BCUT2D eigenvalue weighted by Crippen LogP contribution is -2.23. The summed E-state index contributed by atoms with van der Waals surface area (Å²) in [6.07, 6.45) is 21.5. The second kappa shape index (κ2) is 17.8. The Morgan fingerprint density at radius 1 is 0.571 bits per heavy atom. The first-order chi connectivity index (χ1) is 10.3. The molecule has 0 aliphatic rings. The fraction of sp³-hybridized carbons (Fsp3) is 0.900. The molecule has 21 heavy (non-hydrogen) atoms. The normalized spacial score (nSPS) is 11.8. The molecule has 1 nitrogen and oxygen atoms in total. The van der Waals surface area contributed by atoms with E-state index in [0.717, 1.165) is 0 Å². The zero-order valence-corrected chi connectivity index (χ0v) is 15.2. The summed E-state index contributed by atoms with van der Waals surface area (Å²) in [6.45, 7) is 10.5. The van der Waals surface area contributed by atoms with Gasteiger partial charge in [0.1, 0.15) is 0 Å². The van der Waals surface area contributed by atoms with Crippen LogP contribution in [-0.2, 0) is 0 Å². The van der Waals surface area contributed by atoms with Crippen LogP contribution in [0.4, 0.5) is 0 Å². The van der Waals surface area contributed by atoms with Crippen LogP contribution < -0.4 is 0 Å². The SMILES string of the molecule is CCC/C=C/CCCCCCCCCCCN(CC)CC. The first-order valence-corrected chi connectivity index (χ1v) is 9.72. The molecule has 0 aliphatic heterocycles. The molecule has 0 saturated heterocycles. The molecule has 0 aromatic heterocycles. The Morgan fingerprint density at radius 2 is 1.05 bits per heavy atom. The monoisotopic (exact) mass is 295 g/mol. The van der Waals surface area contributed by atoms with Crippen molar-refractivity contribution in [3.8, 4) is 0 Å². The molecule has 126 valence electrons. The average Bonchev–Trinajstić information content (AvgIpc) is 2.51. The van der Waals surface area contributed by atoms with Crippen molar-refractivity contribution in [2.24, 2.45) is 0 Å². The van der Waals surface area contributed by atoms with Crippen molar-refractivity contribution >= 4 is 0 Å². The fourth-order valence-electron chi connectivity index (χ4n) is 2.78. The lowest BCUT2D eigenvalue weighted by molar-refractivity contribution is 0.295. The number of hydrogen-bond acceptors (Lipinski definition) is 1. The lowest BCUT2D eigenvalue weighted by Gasteiger charge is -2.17. The summed E-state index contributed by atoms with van der Waals surface area (Å²) in [5, 5.41) is 0. The molecule has 0 aromatic carbocycles. The molecule has 0 saturated carbocycles. The Kier molecular flexibility index (Phi) is 17.5. The van der Waals surface area contributed by atoms with Gasteiger partial charge in [0.25, 0.3) is 0 Å². The van der Waals surface area contributed by atoms with E-state index in [-0.39, 0.29) is 0 Å². The van der Waals surface area contributed by atoms with Gasteiger partial charge >= 0.3 is 0 Å². The van der Waals surface area contributed by atoms with Crippen LogP contribution in [-0.4, -0.2) is 24.5 Å². The standard InChI is InChI=1S/C20H41N/c1-4-7-8-9-10-11-12-13-14-15-16-17-18-19-20-21(5-2)6-3/h8-9H,4-7,10-20H2,1-3H3/b9-8+. The smallest absolute Gasteiger partial charge is 0.00190 e. The first-order valence-electron chi connectivity index (χ1n) is 9.72. The van der Waals surface area contributed by atoms with Gasteiger partial charge in [-0.05, 0) is 45.3 Å². The van der Waals surface area contributed by atoms with Crippen molar-refractivity contribution in [2.75, 3.05) is 19.6 Å². The Hall–Kier alpha value is -0.300. The molecular weight excluding hydrogens is 254 g/mol. The zero-order valence-electron chi connectivity index (χ0n) is 15.2. The largest absolute Gasteiger partial charge is 0.304 e. The van der Waals surface area contributed by atoms with Gasteiger partial charge in [-0.25, -0.2) is 0 Å². The lowest BCUT2D eigenvalue weighted by atomic mass is 10.1. The number of allylic oxidation sites excluding steroid dienone is 2. The molecule has 1 heteroatoms. The Bertz CT molecular complexity index is 206. The Labute approximate surface area is 135 Å². The molecule has 0 fully saturated rings. The van der Waals surface area contributed by atoms with Crippen molar-refractivity contribution in [1.82, 2.24) is 4.90 Å². The summed E-state index contributed by atoms with van der Waals surface area (Å²) in [7, 11) is 0. The van der Waals surface area contributed by atoms with E-state index in [0.29, 0.717) is 0 Å². The highest BCUT2D eigenvalue weighted by molar-refractivity contribution is 4.80. The van der Waals surface area contributed by atoms with E-state index >= 15 is 0 Å². The topological polar surface area (TPSA) is 3.24 Å². The minimum absolute atomic E-state index is 1.21. The molecule has 0 amide bonds. The van der Waals surface area contributed by atoms with Gasteiger partial charge in [0.05, 0.1) is 0 Å². The van der Waals surface area contributed by atoms with Crippen molar-refractivity contribution in [3.05, 3.63) is 12.2 Å². The minimum Gasteiger partial charge on any atom is -0.304 e. The van der Waals surface area contributed by atoms with Gasteiger partial charge in [0.15, 0.2) is 0 Å². The minimum atomic E-state index is 1.21. The second-order valence-electron chi connectivity index (χ2n) is 6.26. The van der Waals surface area contributed by atoms with Gasteiger partial charge in [-0.1, -0.05) is 84.3 Å². The molecule has 0 unspecified atom stereocenters. The molecule has 0 rings (SSSR count). The maximum Gasteiger partial charge on any atom is -0.00190 e. The van der Waals surface area contributed by atoms with Gasteiger partial charge in [0, 0.05) is 0 Å². The van der Waals surface area contributed by atoms with E-state index in [1.807, 2.05) is 0 Å². The summed E-state index contributed by atoms with van der Waals surface area (Å²) < 4.78 is 0. The third-order valence-corrected chi connectivity index (χ3v) is 4.36. The van der Waals surface area contributed by atoms with Crippen LogP contribution in [0.15, 0.2) is 12.2 Å². The Morgan fingerprint density at radius 3 is 1.57 bits per heavy atom. The summed E-state index contributed by atoms with van der Waals surface area (Å²) in [6, 6.07) is 0. The number of hydrogen-bond donors (Lipinski definition) is 0. The van der Waals surface area contributed by atoms with E-state index in [4.69, 9.17) is 0 Å². The predicted octanol–water partition coefficient (Wildman–Crippen LogP) is 6.59. The highest BCUT2D eigenvalue weighted by Crippen LogP contribution is 2.11. The van der Waals surface area contributed by atoms with E-state index < -0.39 is 0 Å². The van der Waals surface area contributed by atoms with Gasteiger partial charge in [-0.2, -0.15) is 0 Å². The molecule has 0 aliphatic carbocycles. The third-order valence-electron chi connectivity index (χ3n) is 4.36. The predicted molar refractivity (Wildman–Crippen MR) is 98.0 cm³/mol. The number of unbranched alkanes of at least 4 members (excludes halogenated alkanes) is 10. The number of rotatable bonds is 16. The molecule has 0 aromatic rings. The zero-order chi connectivity index (χ0) is 15.6. The maximum atomic E-state index is 2.54. The van der Waals surface area contributed by atoms with Gasteiger partial charge in [-0.3, -0.25) is 0 Å². The van der Waals surface area contributed by atoms with Gasteiger partial charge < -0.3 is 4.90 Å². The quantitative estimate of drug-likeness (QED) is 0.229. The maximum absolute atomic E-state index is 2.54. The molecule has 0 spiro atoms. The van der Waals surface area contributed by atoms with E-state index in [1.165, 1.54) is 96.7 Å². The Balaban J connectivity index is 3.09. The van der Waals surface area contributed by atoms with Crippen molar-refractivity contribution < 1.29 is 0 Å². The van der Waals surface area contributed by atoms with Crippen molar-refractivity contribution in [2.45, 2.75) is 97.8 Å². The average molecular weight is 296 g/mol. The first kappa shape index (κ1) is 20.7. The summed E-state index contributed by atoms with van der Waals surface area (Å²) in [5.74, 6) is 0. The van der Waals surface area contributed by atoms with Crippen LogP contribution >= 0.6 is 0 Å². The highest BCUT2D eigenvalue weighted by atomic mass is 15.1. The van der Waals surface area contributed by atoms with E-state index in [2.05, 4.69) is 37.8 Å². The van der Waals surface area contributed by atoms with Crippen LogP contribution in [0.3, 0.4) is 0 Å². The van der Waals surface area contributed by atoms with Crippen LogP contribution in [0.5, 0.6) is 0 Å². The second-order valence-corrected chi connectivity index (χ2v) is 6.26. The van der Waals surface area contributed by atoms with E-state index in [9.17, 15) is 0 Å². The van der Waals surface area contributed by atoms with E-state index in [1.54, 1.807) is 0 Å². The van der Waals surface area contributed by atoms with Crippen LogP contribution in [0.2, 0.25) is 0 Å². The van der Waals surface area contributed by atoms with Crippen LogP contribution in [0.25, 0.3) is 0 Å². The summed E-state index contributed by atoms with van der Waals surface area (Å²) >= 11 is 0. The highest BCUT2D eigenvalue weighted by Gasteiger charge is 1.98.